The summed E-state index contributed by atoms with van der Waals surface area (Å²) in [7, 11) is 0. The quantitative estimate of drug-likeness (QED) is 0.850. The van der Waals surface area contributed by atoms with Crippen molar-refractivity contribution >= 4 is 23.2 Å². The van der Waals surface area contributed by atoms with Gasteiger partial charge >= 0.3 is 0 Å². The molecule has 0 atom stereocenters. The molecule has 0 heterocycles. The van der Waals surface area contributed by atoms with Gasteiger partial charge in [-0.2, -0.15) is 0 Å². The van der Waals surface area contributed by atoms with E-state index in [1.54, 1.807) is 0 Å². The van der Waals surface area contributed by atoms with Crippen LogP contribution in [0.2, 0.25) is 10.0 Å². The average Bonchev–Trinajstić information content (AvgIpc) is 2.26. The van der Waals surface area contributed by atoms with E-state index in [-0.39, 0.29) is 0 Å². The molecule has 0 aliphatic heterocycles. The van der Waals surface area contributed by atoms with Crippen LogP contribution in [0.25, 0.3) is 0 Å². The van der Waals surface area contributed by atoms with Gasteiger partial charge in [0.2, 0.25) is 0 Å². The van der Waals surface area contributed by atoms with Crippen molar-refractivity contribution in [3.8, 4) is 0 Å². The van der Waals surface area contributed by atoms with Gasteiger partial charge in [-0.05, 0) is 55.7 Å². The normalized spacial score (nSPS) is 25.7. The van der Waals surface area contributed by atoms with Crippen LogP contribution in [0.1, 0.15) is 31.2 Å². The number of halogens is 2. The molecular formula is C13H17Cl2N. The van der Waals surface area contributed by atoms with E-state index in [9.17, 15) is 0 Å². The molecule has 2 rings (SSSR count). The van der Waals surface area contributed by atoms with E-state index in [1.165, 1.54) is 12.8 Å². The van der Waals surface area contributed by atoms with E-state index in [0.717, 1.165) is 34.9 Å². The van der Waals surface area contributed by atoms with Crippen molar-refractivity contribution in [2.45, 2.75) is 38.1 Å². The van der Waals surface area contributed by atoms with Gasteiger partial charge in [-0.15, -0.1) is 0 Å². The molecule has 1 aromatic rings. The Morgan fingerprint density at radius 1 is 1.06 bits per heavy atom. The lowest BCUT2D eigenvalue weighted by Gasteiger charge is -2.26. The molecular weight excluding hydrogens is 241 g/mol. The van der Waals surface area contributed by atoms with Gasteiger partial charge in [0.05, 0.1) is 0 Å². The van der Waals surface area contributed by atoms with Crippen molar-refractivity contribution in [3.05, 3.63) is 33.8 Å². The largest absolute Gasteiger partial charge is 0.328 e. The number of hydrogen-bond acceptors (Lipinski definition) is 1. The minimum Gasteiger partial charge on any atom is -0.328 e. The minimum absolute atomic E-state index is 0.401. The number of benzene rings is 1. The Hall–Kier alpha value is -0.240. The van der Waals surface area contributed by atoms with Gasteiger partial charge in [0.25, 0.3) is 0 Å². The Morgan fingerprint density at radius 2 is 1.62 bits per heavy atom. The first-order chi connectivity index (χ1) is 7.66. The Morgan fingerprint density at radius 3 is 2.19 bits per heavy atom. The predicted octanol–water partition coefficient (Wildman–Crippen LogP) is 4.05. The zero-order valence-electron chi connectivity index (χ0n) is 9.26. The van der Waals surface area contributed by atoms with Crippen LogP contribution in [0.3, 0.4) is 0 Å². The summed E-state index contributed by atoms with van der Waals surface area (Å²) in [5.74, 6) is 0.692. The van der Waals surface area contributed by atoms with Crippen LogP contribution in [0.5, 0.6) is 0 Å². The van der Waals surface area contributed by atoms with Crippen molar-refractivity contribution in [2.75, 3.05) is 0 Å². The van der Waals surface area contributed by atoms with Crippen molar-refractivity contribution < 1.29 is 0 Å². The van der Waals surface area contributed by atoms with Crippen LogP contribution in [0.4, 0.5) is 0 Å². The van der Waals surface area contributed by atoms with Crippen molar-refractivity contribution in [3.63, 3.8) is 0 Å². The number of hydrogen-bond donors (Lipinski definition) is 1. The number of rotatable bonds is 2. The monoisotopic (exact) mass is 257 g/mol. The molecule has 88 valence electrons. The van der Waals surface area contributed by atoms with Gasteiger partial charge in [0.1, 0.15) is 0 Å². The van der Waals surface area contributed by atoms with E-state index in [1.807, 2.05) is 18.2 Å². The van der Waals surface area contributed by atoms with E-state index < -0.39 is 0 Å². The Labute approximate surface area is 107 Å². The molecule has 0 radical (unpaired) electrons. The molecule has 3 heteroatoms. The highest BCUT2D eigenvalue weighted by atomic mass is 35.5. The van der Waals surface area contributed by atoms with Gasteiger partial charge < -0.3 is 5.73 Å². The highest BCUT2D eigenvalue weighted by Crippen LogP contribution is 2.32. The maximum Gasteiger partial charge on any atom is 0.0452 e. The fourth-order valence-electron chi connectivity index (χ4n) is 2.41. The van der Waals surface area contributed by atoms with Gasteiger partial charge in [-0.25, -0.2) is 0 Å². The van der Waals surface area contributed by atoms with E-state index >= 15 is 0 Å². The predicted molar refractivity (Wildman–Crippen MR) is 70.1 cm³/mol. The van der Waals surface area contributed by atoms with Gasteiger partial charge in [-0.1, -0.05) is 29.3 Å². The maximum absolute atomic E-state index is 6.17. The first-order valence-corrected chi connectivity index (χ1v) is 6.61. The molecule has 0 saturated heterocycles. The summed E-state index contributed by atoms with van der Waals surface area (Å²) in [6.45, 7) is 0. The second-order valence-electron chi connectivity index (χ2n) is 4.69. The van der Waals surface area contributed by atoms with Crippen LogP contribution in [0.15, 0.2) is 18.2 Å². The lowest BCUT2D eigenvalue weighted by molar-refractivity contribution is 0.325. The lowest BCUT2D eigenvalue weighted by Crippen LogP contribution is -2.27. The molecule has 2 N–H and O–H groups in total. The first kappa shape index (κ1) is 12.2. The summed E-state index contributed by atoms with van der Waals surface area (Å²) >= 11 is 12.3. The molecule has 1 aliphatic carbocycles. The molecule has 16 heavy (non-hydrogen) atoms. The average molecular weight is 258 g/mol. The van der Waals surface area contributed by atoms with Gasteiger partial charge in [-0.3, -0.25) is 0 Å². The molecule has 1 saturated carbocycles. The van der Waals surface area contributed by atoms with E-state index in [2.05, 4.69) is 0 Å². The van der Waals surface area contributed by atoms with Gasteiger partial charge in [0.15, 0.2) is 0 Å². The van der Waals surface area contributed by atoms with Crippen LogP contribution < -0.4 is 5.73 Å². The highest BCUT2D eigenvalue weighted by Gasteiger charge is 2.20. The molecule has 1 fully saturated rings. The number of nitrogens with two attached hydrogens (primary N) is 1. The highest BCUT2D eigenvalue weighted by molar-refractivity contribution is 6.35. The Bertz CT molecular complexity index is 337. The third kappa shape index (κ3) is 2.91. The SMILES string of the molecule is NC1CCC(Cc2c(Cl)cccc2Cl)CC1. The summed E-state index contributed by atoms with van der Waals surface area (Å²) < 4.78 is 0. The molecule has 0 amide bonds. The van der Waals surface area contributed by atoms with Gasteiger partial charge in [0, 0.05) is 16.1 Å². The van der Waals surface area contributed by atoms with Crippen molar-refractivity contribution in [1.29, 1.82) is 0 Å². The zero-order valence-corrected chi connectivity index (χ0v) is 10.8. The molecule has 0 bridgehead atoms. The molecule has 1 aromatic carbocycles. The molecule has 0 unspecified atom stereocenters. The summed E-state index contributed by atoms with van der Waals surface area (Å²) in [5, 5.41) is 1.59. The third-order valence-corrected chi connectivity index (χ3v) is 4.15. The standard InChI is InChI=1S/C13H17Cl2N/c14-12-2-1-3-13(15)11(12)8-9-4-6-10(16)7-5-9/h1-3,9-10H,4-8,16H2. The lowest BCUT2D eigenvalue weighted by atomic mass is 9.83. The summed E-state index contributed by atoms with van der Waals surface area (Å²) in [6.07, 6.45) is 5.65. The van der Waals surface area contributed by atoms with Crippen LogP contribution in [0, 0.1) is 5.92 Å². The van der Waals surface area contributed by atoms with Crippen molar-refractivity contribution in [2.24, 2.45) is 11.7 Å². The molecule has 1 nitrogen and oxygen atoms in total. The fraction of sp³-hybridized carbons (Fsp3) is 0.538. The smallest absolute Gasteiger partial charge is 0.0452 e. The van der Waals surface area contributed by atoms with Crippen LogP contribution >= 0.6 is 23.2 Å². The fourth-order valence-corrected chi connectivity index (χ4v) is 2.96. The zero-order chi connectivity index (χ0) is 11.5. The first-order valence-electron chi connectivity index (χ1n) is 5.85. The van der Waals surface area contributed by atoms with Crippen LogP contribution in [-0.2, 0) is 6.42 Å². The molecule has 0 spiro atoms. The summed E-state index contributed by atoms with van der Waals surface area (Å²) in [4.78, 5) is 0. The summed E-state index contributed by atoms with van der Waals surface area (Å²) in [5.41, 5.74) is 7.00. The second kappa shape index (κ2) is 5.39. The Kier molecular flexibility index (Phi) is 4.12. The van der Waals surface area contributed by atoms with E-state index in [4.69, 9.17) is 28.9 Å². The topological polar surface area (TPSA) is 26.0 Å². The summed E-state index contributed by atoms with van der Waals surface area (Å²) in [6, 6.07) is 6.12. The third-order valence-electron chi connectivity index (χ3n) is 3.45. The van der Waals surface area contributed by atoms with Crippen molar-refractivity contribution in [1.82, 2.24) is 0 Å². The second-order valence-corrected chi connectivity index (χ2v) is 5.50. The maximum atomic E-state index is 6.17. The minimum atomic E-state index is 0.401. The molecule has 0 aromatic heterocycles. The Balaban J connectivity index is 2.04. The van der Waals surface area contributed by atoms with E-state index in [0.29, 0.717) is 12.0 Å². The van der Waals surface area contributed by atoms with Crippen LogP contribution in [-0.4, -0.2) is 6.04 Å². The molecule has 1 aliphatic rings.